The number of ether oxygens (including phenoxy) is 5. The van der Waals surface area contributed by atoms with Gasteiger partial charge in [-0.05, 0) is 54.1 Å². The fourth-order valence-electron chi connectivity index (χ4n) is 4.94. The van der Waals surface area contributed by atoms with E-state index >= 15 is 0 Å². The summed E-state index contributed by atoms with van der Waals surface area (Å²) in [5, 5.41) is 12.4. The van der Waals surface area contributed by atoms with Gasteiger partial charge < -0.3 is 28.8 Å². The summed E-state index contributed by atoms with van der Waals surface area (Å²) >= 11 is 7.39. The lowest BCUT2D eigenvalue weighted by atomic mass is 9.94. The number of hydrogen-bond donors (Lipinski definition) is 1. The summed E-state index contributed by atoms with van der Waals surface area (Å²) in [5.74, 6) is -0.237. The molecular weight excluding hydrogens is 572 g/mol. The van der Waals surface area contributed by atoms with Gasteiger partial charge in [0.25, 0.3) is 5.78 Å². The Morgan fingerprint density at radius 2 is 1.68 bits per heavy atom. The minimum Gasteiger partial charge on any atom is -0.507 e. The first-order valence-electron chi connectivity index (χ1n) is 12.4. The number of nitrogens with zero attached hydrogens (tertiary/aromatic N) is 2. The molecule has 6 rings (SSSR count). The van der Waals surface area contributed by atoms with Gasteiger partial charge in [0, 0.05) is 10.6 Å². The van der Waals surface area contributed by atoms with Gasteiger partial charge in [-0.3, -0.25) is 14.5 Å². The Hall–Kier alpha value is -4.48. The zero-order valence-corrected chi connectivity index (χ0v) is 23.7. The van der Waals surface area contributed by atoms with E-state index in [9.17, 15) is 14.7 Å². The molecule has 1 N–H and O–H groups in total. The molecule has 41 heavy (non-hydrogen) atoms. The van der Waals surface area contributed by atoms with E-state index in [0.717, 1.165) is 4.70 Å². The fraction of sp³-hybridized carbons (Fsp3) is 0.207. The van der Waals surface area contributed by atoms with Crippen molar-refractivity contribution in [3.8, 4) is 28.7 Å². The van der Waals surface area contributed by atoms with E-state index < -0.39 is 17.7 Å². The van der Waals surface area contributed by atoms with Crippen LogP contribution in [0.15, 0.2) is 54.1 Å². The highest BCUT2D eigenvalue weighted by Crippen LogP contribution is 2.48. The lowest BCUT2D eigenvalue weighted by Gasteiger charge is -2.25. The monoisotopic (exact) mass is 594 g/mol. The van der Waals surface area contributed by atoms with Gasteiger partial charge in [0.1, 0.15) is 19.0 Å². The van der Waals surface area contributed by atoms with Crippen LogP contribution in [-0.2, 0) is 9.59 Å². The molecule has 1 atom stereocenters. The second-order valence-corrected chi connectivity index (χ2v) is 10.5. The third kappa shape index (κ3) is 4.47. The molecule has 1 aromatic heterocycles. The van der Waals surface area contributed by atoms with E-state index in [2.05, 4.69) is 4.98 Å². The molecule has 10 nitrogen and oxygen atoms in total. The van der Waals surface area contributed by atoms with Crippen LogP contribution in [0.5, 0.6) is 28.7 Å². The van der Waals surface area contributed by atoms with Crippen molar-refractivity contribution < 1.29 is 38.4 Å². The molecule has 0 radical (unpaired) electrons. The maximum atomic E-state index is 13.7. The Morgan fingerprint density at radius 3 is 2.37 bits per heavy atom. The Morgan fingerprint density at radius 1 is 0.976 bits per heavy atom. The van der Waals surface area contributed by atoms with Crippen molar-refractivity contribution in [1.82, 2.24) is 4.98 Å². The van der Waals surface area contributed by atoms with E-state index in [-0.39, 0.29) is 22.0 Å². The lowest BCUT2D eigenvalue weighted by molar-refractivity contribution is -0.132. The minimum atomic E-state index is -1.09. The Bertz CT molecular complexity index is 1730. The smallest absolute Gasteiger partial charge is 0.301 e. The number of ketones is 1. The largest absolute Gasteiger partial charge is 0.507 e. The number of anilines is 1. The molecule has 1 amide bonds. The number of thiazole rings is 1. The first-order chi connectivity index (χ1) is 19.8. The highest BCUT2D eigenvalue weighted by molar-refractivity contribution is 7.22. The summed E-state index contributed by atoms with van der Waals surface area (Å²) in [6, 6.07) is 12.2. The number of aromatic nitrogens is 1. The highest BCUT2D eigenvalue weighted by Gasteiger charge is 2.48. The normalized spacial score (nSPS) is 17.7. The lowest BCUT2D eigenvalue weighted by Crippen LogP contribution is -2.29. The third-order valence-electron chi connectivity index (χ3n) is 6.81. The second-order valence-electron chi connectivity index (χ2n) is 9.09. The van der Waals surface area contributed by atoms with Crippen molar-refractivity contribution in [3.63, 3.8) is 0 Å². The summed E-state index contributed by atoms with van der Waals surface area (Å²) in [6.45, 7) is 0.743. The quantitative estimate of drug-likeness (QED) is 0.178. The molecule has 0 aliphatic carbocycles. The van der Waals surface area contributed by atoms with Crippen LogP contribution in [0.4, 0.5) is 5.13 Å². The molecule has 12 heteroatoms. The molecule has 3 heterocycles. The predicted octanol–water partition coefficient (Wildman–Crippen LogP) is 5.37. The van der Waals surface area contributed by atoms with Gasteiger partial charge in [-0.25, -0.2) is 4.98 Å². The zero-order valence-electron chi connectivity index (χ0n) is 22.1. The Kier molecular flexibility index (Phi) is 6.84. The van der Waals surface area contributed by atoms with Crippen LogP contribution < -0.4 is 28.6 Å². The van der Waals surface area contributed by atoms with E-state index in [1.165, 1.54) is 37.6 Å². The zero-order chi connectivity index (χ0) is 28.8. The number of halogens is 1. The summed E-state index contributed by atoms with van der Waals surface area (Å²) in [6.07, 6.45) is 0. The number of fused-ring (bicyclic) bond motifs is 2. The molecule has 210 valence electrons. The highest BCUT2D eigenvalue weighted by atomic mass is 35.5. The van der Waals surface area contributed by atoms with Gasteiger partial charge in [0.2, 0.25) is 5.75 Å². The molecule has 2 aliphatic heterocycles. The Balaban J connectivity index is 1.59. The number of Topliss-reactive ketones (excluding diaryl/α,β-unsaturated/α-hetero) is 1. The molecule has 0 unspecified atom stereocenters. The molecule has 0 spiro atoms. The van der Waals surface area contributed by atoms with Crippen molar-refractivity contribution in [3.05, 3.63) is 70.3 Å². The number of benzene rings is 3. The number of carbonyl (C=O) groups is 2. The van der Waals surface area contributed by atoms with Gasteiger partial charge in [-0.15, -0.1) is 0 Å². The van der Waals surface area contributed by atoms with Crippen LogP contribution in [0.1, 0.15) is 17.2 Å². The molecule has 2 aliphatic rings. The Labute approximate surface area is 243 Å². The fourth-order valence-corrected chi connectivity index (χ4v) is 6.21. The van der Waals surface area contributed by atoms with Crippen molar-refractivity contribution in [2.24, 2.45) is 0 Å². The summed E-state index contributed by atoms with van der Waals surface area (Å²) in [5.41, 5.74) is 1.17. The average molecular weight is 595 g/mol. The van der Waals surface area contributed by atoms with Crippen LogP contribution in [0.3, 0.4) is 0 Å². The molecule has 0 bridgehead atoms. The number of aliphatic hydroxyl groups excluding tert-OH is 1. The average Bonchev–Trinajstić information content (AvgIpc) is 3.52. The number of hydrogen-bond acceptors (Lipinski definition) is 10. The predicted molar refractivity (Wildman–Crippen MR) is 153 cm³/mol. The molecular formula is C29H23ClN2O8S. The van der Waals surface area contributed by atoms with Crippen molar-refractivity contribution in [2.45, 2.75) is 6.04 Å². The molecule has 3 aromatic carbocycles. The van der Waals surface area contributed by atoms with Crippen molar-refractivity contribution in [1.29, 1.82) is 0 Å². The molecule has 0 saturated carbocycles. The topological polar surface area (TPSA) is 117 Å². The number of carbonyl (C=O) groups excluding carboxylic acids is 2. The minimum absolute atomic E-state index is 0.141. The van der Waals surface area contributed by atoms with E-state index in [4.69, 9.17) is 35.3 Å². The van der Waals surface area contributed by atoms with E-state index in [1.807, 2.05) is 0 Å². The maximum absolute atomic E-state index is 13.7. The summed E-state index contributed by atoms with van der Waals surface area (Å²) in [4.78, 5) is 33.3. The van der Waals surface area contributed by atoms with Crippen LogP contribution in [-0.4, -0.2) is 56.3 Å². The number of amides is 1. The van der Waals surface area contributed by atoms with E-state index in [0.29, 0.717) is 58.1 Å². The number of methoxy groups -OCH3 is 3. The standard InChI is InChI=1S/C29H23ClN2O8S/c1-36-20-11-15(12-21(37-2)27(20)38-3)24-23(25(33)14-4-7-18-19(10-14)40-9-8-39-18)26(34)28(35)32(24)29-31-17-6-5-16(30)13-22(17)41-29/h4-7,10-13,24,33H,8-9H2,1-3H3/t24-/m1/s1. The molecule has 4 aromatic rings. The van der Waals surface area contributed by atoms with E-state index in [1.54, 1.807) is 48.5 Å². The molecule has 1 fully saturated rings. The SMILES string of the molecule is COc1cc([C@@H]2C(=C(O)c3ccc4c(c3)OCCO4)C(=O)C(=O)N2c2nc3ccc(Cl)cc3s2)cc(OC)c1OC. The first kappa shape index (κ1) is 26.7. The van der Waals surface area contributed by atoms with Gasteiger partial charge in [0.15, 0.2) is 28.1 Å². The second kappa shape index (κ2) is 10.5. The van der Waals surface area contributed by atoms with Crippen LogP contribution in [0, 0.1) is 0 Å². The van der Waals surface area contributed by atoms with Gasteiger partial charge in [-0.2, -0.15) is 0 Å². The van der Waals surface area contributed by atoms with Gasteiger partial charge in [-0.1, -0.05) is 22.9 Å². The third-order valence-corrected chi connectivity index (χ3v) is 8.06. The first-order valence-corrected chi connectivity index (χ1v) is 13.6. The molecule has 1 saturated heterocycles. The maximum Gasteiger partial charge on any atom is 0.301 e. The number of rotatable bonds is 6. The van der Waals surface area contributed by atoms with Crippen LogP contribution in [0.25, 0.3) is 16.0 Å². The van der Waals surface area contributed by atoms with Gasteiger partial charge >= 0.3 is 5.91 Å². The van der Waals surface area contributed by atoms with Crippen molar-refractivity contribution in [2.75, 3.05) is 39.4 Å². The summed E-state index contributed by atoms with van der Waals surface area (Å²) < 4.78 is 28.5. The number of aliphatic hydroxyl groups is 1. The van der Waals surface area contributed by atoms with Crippen LogP contribution >= 0.6 is 22.9 Å². The van der Waals surface area contributed by atoms with Crippen molar-refractivity contribution >= 4 is 55.7 Å². The van der Waals surface area contributed by atoms with Gasteiger partial charge in [0.05, 0.1) is 43.2 Å². The summed E-state index contributed by atoms with van der Waals surface area (Å²) in [7, 11) is 4.40. The van der Waals surface area contributed by atoms with Crippen LogP contribution in [0.2, 0.25) is 5.02 Å².